The van der Waals surface area contributed by atoms with Crippen molar-refractivity contribution in [2.75, 3.05) is 6.61 Å². The third kappa shape index (κ3) is 8.88. The summed E-state index contributed by atoms with van der Waals surface area (Å²) in [5.41, 5.74) is 13.1. The Morgan fingerprint density at radius 1 is 0.805 bits per heavy atom. The highest BCUT2D eigenvalue weighted by molar-refractivity contribution is 5.94. The van der Waals surface area contributed by atoms with Crippen molar-refractivity contribution in [3.63, 3.8) is 0 Å². The van der Waals surface area contributed by atoms with E-state index in [-0.39, 0.29) is 25.7 Å². The maximum Gasteiger partial charge on any atom is 0.326 e. The van der Waals surface area contributed by atoms with Gasteiger partial charge in [0.15, 0.2) is 0 Å². The molecular formula is C28H34N6O7. The molecule has 3 aromatic rings. The highest BCUT2D eigenvalue weighted by Crippen LogP contribution is 2.19. The maximum absolute atomic E-state index is 13.2. The van der Waals surface area contributed by atoms with E-state index in [1.807, 2.05) is 18.2 Å². The van der Waals surface area contributed by atoms with Crippen molar-refractivity contribution in [1.29, 1.82) is 0 Å². The molecule has 4 unspecified atom stereocenters. The van der Waals surface area contributed by atoms with Gasteiger partial charge in [0.2, 0.25) is 23.6 Å². The molecule has 0 aliphatic rings. The Morgan fingerprint density at radius 3 is 2.07 bits per heavy atom. The quantitative estimate of drug-likeness (QED) is 0.114. The van der Waals surface area contributed by atoms with Gasteiger partial charge in [0.05, 0.1) is 12.6 Å². The number of carbonyl (C=O) groups is 5. The summed E-state index contributed by atoms with van der Waals surface area (Å²) < 4.78 is 0. The Kier molecular flexibility index (Phi) is 11.0. The van der Waals surface area contributed by atoms with Crippen LogP contribution < -0.4 is 27.4 Å². The zero-order chi connectivity index (χ0) is 29.9. The van der Waals surface area contributed by atoms with Gasteiger partial charge in [-0.1, -0.05) is 48.5 Å². The van der Waals surface area contributed by atoms with E-state index in [0.717, 1.165) is 10.9 Å². The van der Waals surface area contributed by atoms with Crippen LogP contribution in [0.2, 0.25) is 0 Å². The molecule has 0 aliphatic heterocycles. The van der Waals surface area contributed by atoms with Crippen LogP contribution in [0.25, 0.3) is 10.9 Å². The van der Waals surface area contributed by atoms with E-state index >= 15 is 0 Å². The van der Waals surface area contributed by atoms with Crippen LogP contribution in [0, 0.1) is 0 Å². The molecule has 0 aliphatic carbocycles. The van der Waals surface area contributed by atoms with Crippen LogP contribution in [0.4, 0.5) is 0 Å². The second kappa shape index (κ2) is 14.6. The van der Waals surface area contributed by atoms with Crippen LogP contribution in [0.5, 0.6) is 0 Å². The average Bonchev–Trinajstić information content (AvgIpc) is 3.36. The van der Waals surface area contributed by atoms with Crippen molar-refractivity contribution in [3.05, 3.63) is 71.9 Å². The topological polar surface area (TPSA) is 230 Å². The molecule has 41 heavy (non-hydrogen) atoms. The van der Waals surface area contributed by atoms with Crippen molar-refractivity contribution in [2.45, 2.75) is 49.9 Å². The first-order valence-electron chi connectivity index (χ1n) is 13.0. The summed E-state index contributed by atoms with van der Waals surface area (Å²) in [6.07, 6.45) is 1.48. The first kappa shape index (κ1) is 30.8. The summed E-state index contributed by atoms with van der Waals surface area (Å²) in [5.74, 6) is -4.37. The largest absolute Gasteiger partial charge is 0.480 e. The number of aliphatic hydroxyl groups is 1. The van der Waals surface area contributed by atoms with Gasteiger partial charge in [0.1, 0.15) is 18.1 Å². The molecule has 0 fully saturated rings. The highest BCUT2D eigenvalue weighted by Gasteiger charge is 2.30. The molecule has 10 N–H and O–H groups in total. The monoisotopic (exact) mass is 566 g/mol. The molecule has 1 heterocycles. The number of aromatic amines is 1. The first-order valence-corrected chi connectivity index (χ1v) is 13.0. The van der Waals surface area contributed by atoms with E-state index in [9.17, 15) is 34.2 Å². The molecule has 1 aromatic heterocycles. The SMILES string of the molecule is NC(=O)CCC(N)C(=O)NC(Cc1ccccc1)C(=O)NC(CO)C(=O)NC(Cc1c[nH]c2ccccc12)C(=O)O. The fourth-order valence-corrected chi connectivity index (χ4v) is 4.23. The number of hydrogen-bond donors (Lipinski definition) is 8. The Labute approximate surface area is 235 Å². The molecule has 0 radical (unpaired) electrons. The second-order valence-electron chi connectivity index (χ2n) is 9.57. The minimum Gasteiger partial charge on any atom is -0.480 e. The van der Waals surface area contributed by atoms with E-state index in [1.165, 1.54) is 0 Å². The van der Waals surface area contributed by atoms with E-state index in [1.54, 1.807) is 42.6 Å². The standard InChI is InChI=1S/C28H34N6O7/c29-19(10-11-24(30)36)25(37)32-21(12-16-6-2-1-3-7-16)26(38)34-23(15-35)27(39)33-22(28(40)41)13-17-14-31-20-9-5-4-8-18(17)20/h1-9,14,19,21-23,31,35H,10-13,15,29H2,(H2,30,36)(H,32,37)(H,33,39)(H,34,38)(H,40,41). The van der Waals surface area contributed by atoms with E-state index in [4.69, 9.17) is 11.5 Å². The number of primary amides is 1. The lowest BCUT2D eigenvalue weighted by Gasteiger charge is -2.24. The van der Waals surface area contributed by atoms with Gasteiger partial charge in [-0.3, -0.25) is 19.2 Å². The lowest BCUT2D eigenvalue weighted by Crippen LogP contribution is -2.58. The summed E-state index contributed by atoms with van der Waals surface area (Å²) in [6, 6.07) is 10.8. The van der Waals surface area contributed by atoms with Gasteiger partial charge >= 0.3 is 5.97 Å². The number of para-hydroxylation sites is 1. The second-order valence-corrected chi connectivity index (χ2v) is 9.57. The van der Waals surface area contributed by atoms with Crippen molar-refractivity contribution < 1.29 is 34.2 Å². The summed E-state index contributed by atoms with van der Waals surface area (Å²) in [7, 11) is 0. The first-order chi connectivity index (χ1) is 19.6. The van der Waals surface area contributed by atoms with Gasteiger partial charge < -0.3 is 42.6 Å². The zero-order valence-corrected chi connectivity index (χ0v) is 22.2. The number of H-pyrrole nitrogens is 1. The van der Waals surface area contributed by atoms with Gasteiger partial charge in [-0.05, 0) is 23.6 Å². The van der Waals surface area contributed by atoms with Crippen LogP contribution in [0.15, 0.2) is 60.8 Å². The number of nitrogens with two attached hydrogens (primary N) is 2. The van der Waals surface area contributed by atoms with Crippen molar-refractivity contribution in [1.82, 2.24) is 20.9 Å². The van der Waals surface area contributed by atoms with E-state index < -0.39 is 60.4 Å². The number of fused-ring (bicyclic) bond motifs is 1. The number of benzene rings is 2. The molecule has 218 valence electrons. The van der Waals surface area contributed by atoms with Crippen LogP contribution in [-0.4, -0.2) is 75.6 Å². The molecule has 0 spiro atoms. The third-order valence-electron chi connectivity index (χ3n) is 6.48. The molecular weight excluding hydrogens is 532 g/mol. The zero-order valence-electron chi connectivity index (χ0n) is 22.2. The third-order valence-corrected chi connectivity index (χ3v) is 6.48. The van der Waals surface area contributed by atoms with Crippen LogP contribution in [-0.2, 0) is 36.8 Å². The number of rotatable bonds is 15. The van der Waals surface area contributed by atoms with Crippen molar-refractivity contribution in [3.8, 4) is 0 Å². The fourth-order valence-electron chi connectivity index (χ4n) is 4.23. The highest BCUT2D eigenvalue weighted by atomic mass is 16.4. The average molecular weight is 567 g/mol. The molecule has 0 saturated carbocycles. The predicted molar refractivity (Wildman–Crippen MR) is 149 cm³/mol. The number of aliphatic hydroxyl groups excluding tert-OH is 1. The van der Waals surface area contributed by atoms with Crippen molar-refractivity contribution in [2.24, 2.45) is 11.5 Å². The van der Waals surface area contributed by atoms with Gasteiger partial charge in [0.25, 0.3) is 0 Å². The van der Waals surface area contributed by atoms with Gasteiger partial charge in [-0.25, -0.2) is 4.79 Å². The van der Waals surface area contributed by atoms with Gasteiger partial charge in [-0.2, -0.15) is 0 Å². The molecule has 3 rings (SSSR count). The Morgan fingerprint density at radius 2 is 1.41 bits per heavy atom. The lowest BCUT2D eigenvalue weighted by atomic mass is 10.0. The number of aromatic nitrogens is 1. The Hall–Kier alpha value is -4.75. The van der Waals surface area contributed by atoms with Crippen LogP contribution in [0.1, 0.15) is 24.0 Å². The molecule has 4 amide bonds. The molecule has 4 atom stereocenters. The number of carboxylic acid groups (broad SMARTS) is 1. The number of carboxylic acids is 1. The Bertz CT molecular complexity index is 1380. The fraction of sp³-hybridized carbons (Fsp3) is 0.321. The number of carbonyl (C=O) groups excluding carboxylic acids is 4. The number of nitrogens with one attached hydrogen (secondary N) is 4. The Balaban J connectivity index is 1.70. The van der Waals surface area contributed by atoms with E-state index in [2.05, 4.69) is 20.9 Å². The maximum atomic E-state index is 13.2. The lowest BCUT2D eigenvalue weighted by molar-refractivity contribution is -0.142. The van der Waals surface area contributed by atoms with Gasteiger partial charge in [0, 0.05) is 36.4 Å². The summed E-state index contributed by atoms with van der Waals surface area (Å²) in [4.78, 5) is 64.9. The van der Waals surface area contributed by atoms with Crippen LogP contribution in [0.3, 0.4) is 0 Å². The molecule has 0 bridgehead atoms. The number of amides is 4. The number of aliphatic carboxylic acids is 1. The minimum absolute atomic E-state index is 0.0268. The molecule has 13 nitrogen and oxygen atoms in total. The van der Waals surface area contributed by atoms with Gasteiger partial charge in [-0.15, -0.1) is 0 Å². The predicted octanol–water partition coefficient (Wildman–Crippen LogP) is -0.923. The summed E-state index contributed by atoms with van der Waals surface area (Å²) in [6.45, 7) is -0.832. The van der Waals surface area contributed by atoms with Crippen LogP contribution >= 0.6 is 0 Å². The molecule has 13 heteroatoms. The molecule has 2 aromatic carbocycles. The number of hydrogen-bond acceptors (Lipinski definition) is 7. The minimum atomic E-state index is -1.51. The molecule has 0 saturated heterocycles. The normalized spacial score (nSPS) is 13.9. The summed E-state index contributed by atoms with van der Waals surface area (Å²) in [5, 5.41) is 27.7. The van der Waals surface area contributed by atoms with E-state index in [0.29, 0.717) is 11.1 Å². The van der Waals surface area contributed by atoms with Crippen molar-refractivity contribution >= 4 is 40.5 Å². The summed E-state index contributed by atoms with van der Waals surface area (Å²) >= 11 is 0. The smallest absolute Gasteiger partial charge is 0.326 e.